The maximum atomic E-state index is 2.44. The molecule has 2 aromatic heterocycles. The van der Waals surface area contributed by atoms with Gasteiger partial charge in [-0.05, 0) is 78.9 Å². The Balaban J connectivity index is 1.90. The van der Waals surface area contributed by atoms with E-state index in [0.717, 1.165) is 0 Å². The van der Waals surface area contributed by atoms with E-state index in [1.807, 2.05) is 22.7 Å². The Bertz CT molecular complexity index is 1130. The third-order valence-corrected chi connectivity index (χ3v) is 7.69. The predicted molar refractivity (Wildman–Crippen MR) is 108 cm³/mol. The van der Waals surface area contributed by atoms with Crippen LogP contribution in [0, 0.1) is 27.7 Å². The zero-order valence-electron chi connectivity index (χ0n) is 14.1. The van der Waals surface area contributed by atoms with Gasteiger partial charge < -0.3 is 0 Å². The molecule has 2 heterocycles. The Hall–Kier alpha value is -1.90. The standard InChI is InChI=1S/C22H16S2/c1-9-5-13-14-7-11(3)24-22(14)18-10(2)6-15-20(19(13)18)17(9)16-8-12(4)23-21(15)16/h5-8H,1-4H3. The lowest BCUT2D eigenvalue weighted by molar-refractivity contribution is 1.50. The third-order valence-electron chi connectivity index (χ3n) is 5.54. The molecule has 4 aromatic rings. The normalized spacial score (nSPS) is 13.0. The van der Waals surface area contributed by atoms with Gasteiger partial charge in [0.1, 0.15) is 0 Å². The average molecular weight is 345 g/mol. The second-order valence-electron chi connectivity index (χ2n) is 7.18. The van der Waals surface area contributed by atoms with E-state index in [0.29, 0.717) is 0 Å². The van der Waals surface area contributed by atoms with Gasteiger partial charge in [-0.3, -0.25) is 0 Å². The van der Waals surface area contributed by atoms with Crippen LogP contribution in [-0.4, -0.2) is 0 Å². The van der Waals surface area contributed by atoms with Crippen LogP contribution < -0.4 is 0 Å². The van der Waals surface area contributed by atoms with Crippen molar-refractivity contribution in [3.05, 3.63) is 45.1 Å². The van der Waals surface area contributed by atoms with Crippen LogP contribution in [0.1, 0.15) is 20.9 Å². The van der Waals surface area contributed by atoms with E-state index in [1.165, 1.54) is 74.8 Å². The third kappa shape index (κ3) is 1.34. The number of rotatable bonds is 0. The molecule has 24 heavy (non-hydrogen) atoms. The van der Waals surface area contributed by atoms with Crippen molar-refractivity contribution in [3.63, 3.8) is 0 Å². The van der Waals surface area contributed by atoms with Gasteiger partial charge in [-0.1, -0.05) is 6.07 Å². The molecule has 0 spiro atoms. The van der Waals surface area contributed by atoms with E-state index < -0.39 is 0 Å². The van der Waals surface area contributed by atoms with E-state index in [9.17, 15) is 0 Å². The minimum absolute atomic E-state index is 1.41. The highest BCUT2D eigenvalue weighted by Crippen LogP contribution is 2.60. The first-order chi connectivity index (χ1) is 11.5. The van der Waals surface area contributed by atoms with Gasteiger partial charge in [-0.2, -0.15) is 0 Å². The molecule has 2 aliphatic rings. The average Bonchev–Trinajstić information content (AvgIpc) is 3.20. The van der Waals surface area contributed by atoms with Crippen molar-refractivity contribution in [2.45, 2.75) is 27.7 Å². The summed E-state index contributed by atoms with van der Waals surface area (Å²) in [7, 11) is 0. The molecule has 0 aliphatic heterocycles. The van der Waals surface area contributed by atoms with Crippen molar-refractivity contribution in [3.8, 4) is 43.1 Å². The number of thiophene rings is 2. The molecular weight excluding hydrogens is 328 g/mol. The summed E-state index contributed by atoms with van der Waals surface area (Å²) in [5.41, 5.74) is 11.6. The van der Waals surface area contributed by atoms with E-state index in [2.05, 4.69) is 52.0 Å². The fourth-order valence-electron chi connectivity index (χ4n) is 4.74. The number of hydrogen-bond donors (Lipinski definition) is 0. The summed E-state index contributed by atoms with van der Waals surface area (Å²) in [5, 5.41) is 3.01. The highest BCUT2D eigenvalue weighted by Gasteiger charge is 2.33. The monoisotopic (exact) mass is 344 g/mol. The topological polar surface area (TPSA) is 0 Å². The molecule has 0 saturated carbocycles. The lowest BCUT2D eigenvalue weighted by Gasteiger charge is -2.12. The Morgan fingerprint density at radius 1 is 0.542 bits per heavy atom. The molecule has 0 N–H and O–H groups in total. The van der Waals surface area contributed by atoms with Gasteiger partial charge in [-0.15, -0.1) is 22.7 Å². The van der Waals surface area contributed by atoms with Crippen molar-refractivity contribution in [1.82, 2.24) is 0 Å². The minimum Gasteiger partial charge on any atom is -0.140 e. The molecule has 0 bridgehead atoms. The van der Waals surface area contributed by atoms with Gasteiger partial charge in [0.25, 0.3) is 0 Å². The summed E-state index contributed by atoms with van der Waals surface area (Å²) in [6.07, 6.45) is 0. The Kier molecular flexibility index (Phi) is 2.24. The second-order valence-corrected chi connectivity index (χ2v) is 9.69. The highest BCUT2D eigenvalue weighted by molar-refractivity contribution is 7.17. The fourth-order valence-corrected chi connectivity index (χ4v) is 6.92. The Labute approximate surface area is 149 Å². The van der Waals surface area contributed by atoms with Gasteiger partial charge in [0.05, 0.1) is 0 Å². The van der Waals surface area contributed by atoms with E-state index in [4.69, 9.17) is 0 Å². The summed E-state index contributed by atoms with van der Waals surface area (Å²) in [4.78, 5) is 5.78. The fraction of sp³-hybridized carbons (Fsp3) is 0.182. The summed E-state index contributed by atoms with van der Waals surface area (Å²) < 4.78 is 0. The van der Waals surface area contributed by atoms with Gasteiger partial charge in [0, 0.05) is 41.8 Å². The van der Waals surface area contributed by atoms with E-state index >= 15 is 0 Å². The minimum atomic E-state index is 1.41. The quantitative estimate of drug-likeness (QED) is 0.268. The summed E-state index contributed by atoms with van der Waals surface area (Å²) in [6.45, 7) is 9.03. The molecule has 116 valence electrons. The highest BCUT2D eigenvalue weighted by atomic mass is 32.1. The van der Waals surface area contributed by atoms with Crippen LogP contribution in [0.4, 0.5) is 0 Å². The molecule has 0 saturated heterocycles. The van der Waals surface area contributed by atoms with E-state index in [-0.39, 0.29) is 0 Å². The Morgan fingerprint density at radius 3 is 1.92 bits per heavy atom. The predicted octanol–water partition coefficient (Wildman–Crippen LogP) is 7.49. The molecule has 2 aliphatic carbocycles. The summed E-state index contributed by atoms with van der Waals surface area (Å²) in [6, 6.07) is 9.64. The van der Waals surface area contributed by atoms with Crippen LogP contribution in [0.15, 0.2) is 24.3 Å². The van der Waals surface area contributed by atoms with Crippen LogP contribution in [0.3, 0.4) is 0 Å². The van der Waals surface area contributed by atoms with Crippen LogP contribution in [0.25, 0.3) is 53.9 Å². The zero-order chi connectivity index (χ0) is 16.3. The molecule has 0 fully saturated rings. The molecule has 2 aromatic carbocycles. The first kappa shape index (κ1) is 13.4. The number of fused-ring (bicyclic) bond motifs is 6. The van der Waals surface area contributed by atoms with Crippen LogP contribution in [0.5, 0.6) is 0 Å². The molecule has 6 rings (SSSR count). The summed E-state index contributed by atoms with van der Waals surface area (Å²) >= 11 is 3.90. The smallest absolute Gasteiger partial charge is 0.0433 e. The number of aryl methyl sites for hydroxylation is 4. The number of hydrogen-bond acceptors (Lipinski definition) is 2. The van der Waals surface area contributed by atoms with Crippen molar-refractivity contribution in [1.29, 1.82) is 0 Å². The van der Waals surface area contributed by atoms with Crippen molar-refractivity contribution in [2.24, 2.45) is 0 Å². The lowest BCUT2D eigenvalue weighted by Crippen LogP contribution is -1.86. The zero-order valence-corrected chi connectivity index (χ0v) is 15.8. The molecule has 0 atom stereocenters. The molecule has 0 amide bonds. The largest absolute Gasteiger partial charge is 0.140 e. The first-order valence-corrected chi connectivity index (χ1v) is 10.0. The number of benzene rings is 2. The van der Waals surface area contributed by atoms with E-state index in [1.54, 1.807) is 0 Å². The Morgan fingerprint density at radius 2 is 1.12 bits per heavy atom. The van der Waals surface area contributed by atoms with Gasteiger partial charge in [0.2, 0.25) is 0 Å². The van der Waals surface area contributed by atoms with Gasteiger partial charge >= 0.3 is 0 Å². The van der Waals surface area contributed by atoms with Gasteiger partial charge in [-0.25, -0.2) is 0 Å². The second kappa shape index (κ2) is 4.01. The molecule has 2 heteroatoms. The summed E-state index contributed by atoms with van der Waals surface area (Å²) in [5.74, 6) is 0. The van der Waals surface area contributed by atoms with Crippen molar-refractivity contribution in [2.75, 3.05) is 0 Å². The molecule has 0 radical (unpaired) electrons. The van der Waals surface area contributed by atoms with Crippen molar-refractivity contribution >= 4 is 33.4 Å². The SMILES string of the molecule is Cc1cc2c(s1)-c1cc(C)c3c4c(cc(C)c-2c14)-c1cc(C)sc1-3. The lowest BCUT2D eigenvalue weighted by atomic mass is 9.92. The van der Waals surface area contributed by atoms with Crippen LogP contribution in [0.2, 0.25) is 0 Å². The van der Waals surface area contributed by atoms with Gasteiger partial charge in [0.15, 0.2) is 0 Å². The van der Waals surface area contributed by atoms with Crippen LogP contribution in [-0.2, 0) is 0 Å². The van der Waals surface area contributed by atoms with Crippen LogP contribution >= 0.6 is 22.7 Å². The molecular formula is C22H16S2. The molecule has 0 nitrogen and oxygen atoms in total. The molecule has 0 unspecified atom stereocenters. The first-order valence-electron chi connectivity index (χ1n) is 8.38. The maximum absolute atomic E-state index is 2.44. The van der Waals surface area contributed by atoms with Crippen molar-refractivity contribution < 1.29 is 0 Å². The maximum Gasteiger partial charge on any atom is 0.0433 e.